The second-order valence-corrected chi connectivity index (χ2v) is 20.9. The van der Waals surface area contributed by atoms with Crippen molar-refractivity contribution in [3.8, 4) is 119 Å². The van der Waals surface area contributed by atoms with E-state index in [0.29, 0.717) is 52.4 Å². The minimum absolute atomic E-state index is 0.501. The van der Waals surface area contributed by atoms with Crippen molar-refractivity contribution < 1.29 is 4.42 Å². The highest BCUT2D eigenvalue weighted by atomic mass is 16.3. The van der Waals surface area contributed by atoms with Gasteiger partial charge < -0.3 is 8.98 Å². The highest BCUT2D eigenvalue weighted by molar-refractivity contribution is 6.14. The Hall–Kier alpha value is -12.0. The fraction of sp³-hybridized carbons (Fsp3) is 0. The molecule has 16 rings (SSSR count). The molecule has 0 bridgehead atoms. The van der Waals surface area contributed by atoms with Crippen molar-refractivity contribution in [2.45, 2.75) is 0 Å². The van der Waals surface area contributed by atoms with E-state index in [1.807, 2.05) is 200 Å². The van der Waals surface area contributed by atoms with Crippen molar-refractivity contribution in [2.24, 2.45) is 0 Å². The molecule has 402 valence electrons. The summed E-state index contributed by atoms with van der Waals surface area (Å²) in [5.41, 5.74) is 14.0. The monoisotopic (exact) mass is 1100 g/mol. The van der Waals surface area contributed by atoms with E-state index >= 15 is 0 Å². The van der Waals surface area contributed by atoms with Crippen LogP contribution in [0.4, 0.5) is 0 Å². The lowest BCUT2D eigenvalue weighted by molar-refractivity contribution is 0.669. The van der Waals surface area contributed by atoms with Crippen molar-refractivity contribution in [2.75, 3.05) is 0 Å². The molecule has 0 radical (unpaired) electrons. The van der Waals surface area contributed by atoms with Crippen LogP contribution < -0.4 is 0 Å². The van der Waals surface area contributed by atoms with Gasteiger partial charge in [0, 0.05) is 71.6 Å². The van der Waals surface area contributed by atoms with E-state index in [2.05, 4.69) is 83.4 Å². The molecule has 86 heavy (non-hydrogen) atoms. The maximum Gasteiger partial charge on any atom is 0.166 e. The lowest BCUT2D eigenvalue weighted by atomic mass is 9.96. The second-order valence-electron chi connectivity index (χ2n) is 20.9. The predicted molar refractivity (Wildman–Crippen MR) is 343 cm³/mol. The van der Waals surface area contributed by atoms with Crippen LogP contribution in [-0.4, -0.2) is 49.4 Å². The predicted octanol–water partition coefficient (Wildman–Crippen LogP) is 17.9. The summed E-state index contributed by atoms with van der Waals surface area (Å²) < 4.78 is 8.79. The number of fused-ring (bicyclic) bond motifs is 6. The highest BCUT2D eigenvalue weighted by Crippen LogP contribution is 2.43. The van der Waals surface area contributed by atoms with Crippen LogP contribution in [0.5, 0.6) is 0 Å². The van der Waals surface area contributed by atoms with Crippen LogP contribution in [-0.2, 0) is 0 Å². The number of furan rings is 1. The molecule has 0 amide bonds. The average Bonchev–Trinajstić information content (AvgIpc) is 1.76. The number of aromatic nitrogens is 10. The first-order chi connectivity index (χ1) is 42.6. The summed E-state index contributed by atoms with van der Waals surface area (Å²) in [5, 5.41) is 3.94. The Morgan fingerprint density at radius 2 is 0.558 bits per heavy atom. The number of para-hydroxylation sites is 1. The number of hydrogen-bond donors (Lipinski definition) is 0. The third-order valence-electron chi connectivity index (χ3n) is 15.6. The van der Waals surface area contributed by atoms with Gasteiger partial charge in [-0.2, -0.15) is 0 Å². The molecule has 0 aliphatic heterocycles. The van der Waals surface area contributed by atoms with E-state index < -0.39 is 0 Å². The van der Waals surface area contributed by atoms with E-state index in [9.17, 15) is 0 Å². The summed E-state index contributed by atoms with van der Waals surface area (Å²) >= 11 is 0. The summed E-state index contributed by atoms with van der Waals surface area (Å²) in [6.45, 7) is 0. The Balaban J connectivity index is 0.976. The first kappa shape index (κ1) is 49.8. The Morgan fingerprint density at radius 1 is 0.221 bits per heavy atom. The van der Waals surface area contributed by atoms with Crippen LogP contribution >= 0.6 is 0 Å². The van der Waals surface area contributed by atoms with E-state index in [1.54, 1.807) is 0 Å². The van der Waals surface area contributed by atoms with Crippen LogP contribution in [0.2, 0.25) is 0 Å². The lowest BCUT2D eigenvalue weighted by Gasteiger charge is -2.17. The van der Waals surface area contributed by atoms with Crippen molar-refractivity contribution in [3.63, 3.8) is 0 Å². The second kappa shape index (κ2) is 21.1. The van der Waals surface area contributed by atoms with Gasteiger partial charge in [-0.05, 0) is 71.8 Å². The molecule has 11 nitrogen and oxygen atoms in total. The molecule has 0 fully saturated rings. The van der Waals surface area contributed by atoms with Gasteiger partial charge in [0.25, 0.3) is 0 Å². The van der Waals surface area contributed by atoms with Crippen molar-refractivity contribution in [3.05, 3.63) is 279 Å². The SMILES string of the molecule is c1ccc(-c2nc(-c3ccccc3)nc(-c3ccc4c(c3)c3cc(-c5nc(-c6ccccc6)nc(-c6ccccc6)n5)ccc3n4-c3ccc(-c4cccc5oc6ccccc6c45)cc3-c3nc(-c4ccccc4)nc(-c4ccccc4)n3)n2)cc1. The van der Waals surface area contributed by atoms with Gasteiger partial charge in [-0.15, -0.1) is 0 Å². The zero-order chi connectivity index (χ0) is 56.9. The van der Waals surface area contributed by atoms with E-state index in [-0.39, 0.29) is 0 Å². The van der Waals surface area contributed by atoms with Gasteiger partial charge in [-0.25, -0.2) is 44.9 Å². The fourth-order valence-electron chi connectivity index (χ4n) is 11.5. The lowest BCUT2D eigenvalue weighted by Crippen LogP contribution is -2.04. The van der Waals surface area contributed by atoms with E-state index in [0.717, 1.165) is 111 Å². The van der Waals surface area contributed by atoms with Crippen LogP contribution in [0.25, 0.3) is 163 Å². The Kier molecular flexibility index (Phi) is 12.2. The average molecular weight is 1100 g/mol. The molecule has 0 atom stereocenters. The first-order valence-electron chi connectivity index (χ1n) is 28.4. The van der Waals surface area contributed by atoms with E-state index in [1.165, 1.54) is 0 Å². The third-order valence-corrected chi connectivity index (χ3v) is 15.6. The smallest absolute Gasteiger partial charge is 0.166 e. The van der Waals surface area contributed by atoms with Crippen LogP contribution in [0.15, 0.2) is 283 Å². The molecule has 0 unspecified atom stereocenters. The summed E-state index contributed by atoms with van der Waals surface area (Å²) in [5.74, 6) is 4.96. The van der Waals surface area contributed by atoms with Gasteiger partial charge in [0.05, 0.1) is 16.7 Å². The molecular weight excluding hydrogens is 1060 g/mol. The Labute approximate surface area is 493 Å². The van der Waals surface area contributed by atoms with E-state index in [4.69, 9.17) is 49.3 Å². The summed E-state index contributed by atoms with van der Waals surface area (Å²) in [7, 11) is 0. The quantitative estimate of drug-likeness (QED) is 0.123. The molecule has 0 saturated carbocycles. The highest BCUT2D eigenvalue weighted by Gasteiger charge is 2.24. The Bertz CT molecular complexity index is 4860. The molecule has 11 aromatic carbocycles. The van der Waals surface area contributed by atoms with Gasteiger partial charge in [0.2, 0.25) is 0 Å². The van der Waals surface area contributed by atoms with Crippen LogP contribution in [0.3, 0.4) is 0 Å². The molecule has 0 N–H and O–H groups in total. The van der Waals surface area contributed by atoms with Gasteiger partial charge >= 0.3 is 0 Å². The number of benzene rings is 11. The first-order valence-corrected chi connectivity index (χ1v) is 28.4. The Morgan fingerprint density at radius 3 is 0.965 bits per heavy atom. The number of hydrogen-bond acceptors (Lipinski definition) is 10. The van der Waals surface area contributed by atoms with Gasteiger partial charge in [0.1, 0.15) is 11.2 Å². The zero-order valence-electron chi connectivity index (χ0n) is 45.9. The maximum atomic E-state index is 6.48. The van der Waals surface area contributed by atoms with Gasteiger partial charge in [0.15, 0.2) is 52.4 Å². The minimum Gasteiger partial charge on any atom is -0.456 e. The van der Waals surface area contributed by atoms with Crippen molar-refractivity contribution in [1.82, 2.24) is 49.4 Å². The minimum atomic E-state index is 0.501. The molecule has 0 aliphatic carbocycles. The largest absolute Gasteiger partial charge is 0.456 e. The van der Waals surface area contributed by atoms with Gasteiger partial charge in [-0.1, -0.05) is 218 Å². The van der Waals surface area contributed by atoms with Gasteiger partial charge in [-0.3, -0.25) is 0 Å². The number of nitrogens with zero attached hydrogens (tertiary/aromatic N) is 10. The van der Waals surface area contributed by atoms with Crippen molar-refractivity contribution >= 4 is 43.7 Å². The zero-order valence-corrected chi connectivity index (χ0v) is 45.9. The normalized spacial score (nSPS) is 11.5. The number of rotatable bonds is 11. The molecule has 0 spiro atoms. The molecule has 16 aromatic rings. The fourth-order valence-corrected chi connectivity index (χ4v) is 11.5. The van der Waals surface area contributed by atoms with Crippen LogP contribution in [0.1, 0.15) is 0 Å². The molecule has 0 saturated heterocycles. The van der Waals surface area contributed by atoms with Crippen LogP contribution in [0, 0.1) is 0 Å². The molecule has 5 heterocycles. The standard InChI is InChI=1S/C75H46N10O/c1-7-22-47(23-8-1)67-76-68(48-24-9-2-10-25-48)80-73(79-67)54-39-42-61-58(45-54)59-46-55(74-81-69(49-26-11-3-12-27-49)77-70(82-74)50-28-13-4-14-29-50)40-43-62(59)85(61)63-41-38-53(56-35-21-37-65-66(56)57-34-19-20-36-64(57)86-65)44-60(63)75-83-71(51-30-15-5-16-31-51)78-72(84-75)52-32-17-6-18-33-52/h1-46H. The molecule has 11 heteroatoms. The van der Waals surface area contributed by atoms with Crippen molar-refractivity contribution in [1.29, 1.82) is 0 Å². The topological polar surface area (TPSA) is 134 Å². The summed E-state index contributed by atoms with van der Waals surface area (Å²) in [4.78, 5) is 46.9. The molecular formula is C75H46N10O. The molecule has 5 aromatic heterocycles. The summed E-state index contributed by atoms with van der Waals surface area (Å²) in [6, 6.07) is 94.3. The molecule has 0 aliphatic rings. The summed E-state index contributed by atoms with van der Waals surface area (Å²) in [6.07, 6.45) is 0. The maximum absolute atomic E-state index is 6.48. The third kappa shape index (κ3) is 9.09.